The molecule has 2 atom stereocenters. The molecule has 0 unspecified atom stereocenters. The maximum atomic E-state index is 5.59. The highest BCUT2D eigenvalue weighted by Gasteiger charge is 2.27. The zero-order chi connectivity index (χ0) is 16.2. The summed E-state index contributed by atoms with van der Waals surface area (Å²) in [7, 11) is 2.12. The average molecular weight is 336 g/mol. The number of nitrogens with zero attached hydrogens (tertiary/aromatic N) is 4. The van der Waals surface area contributed by atoms with Crippen LogP contribution in [-0.2, 0) is 4.74 Å². The minimum absolute atomic E-state index is 0.0969. The molecule has 0 radical (unpaired) electrons. The van der Waals surface area contributed by atoms with Crippen molar-refractivity contribution >= 4 is 11.3 Å². The molecular formula is C16H24N4O2S. The second-order valence-corrected chi connectivity index (χ2v) is 6.93. The molecule has 3 rings (SSSR count). The lowest BCUT2D eigenvalue weighted by Gasteiger charge is -2.37. The molecule has 0 aromatic carbocycles. The highest BCUT2D eigenvalue weighted by atomic mass is 32.1. The number of rotatable bonds is 6. The van der Waals surface area contributed by atoms with Crippen molar-refractivity contribution in [2.24, 2.45) is 0 Å². The summed E-state index contributed by atoms with van der Waals surface area (Å²) in [6.07, 6.45) is 0. The van der Waals surface area contributed by atoms with Gasteiger partial charge < -0.3 is 9.15 Å². The molecule has 0 aliphatic carbocycles. The maximum Gasteiger partial charge on any atom is 0.233 e. The van der Waals surface area contributed by atoms with Crippen LogP contribution in [0.5, 0.6) is 0 Å². The Morgan fingerprint density at radius 1 is 1.35 bits per heavy atom. The molecular weight excluding hydrogens is 312 g/mol. The van der Waals surface area contributed by atoms with Crippen molar-refractivity contribution in [1.29, 1.82) is 0 Å². The van der Waals surface area contributed by atoms with Crippen LogP contribution in [0.25, 0.3) is 0 Å². The number of likely N-dealkylation sites (N-methyl/N-ethyl adjacent to an activating group) is 1. The summed E-state index contributed by atoms with van der Waals surface area (Å²) in [5.74, 6) is 1.29. The van der Waals surface area contributed by atoms with Crippen molar-refractivity contribution in [2.45, 2.75) is 25.9 Å². The van der Waals surface area contributed by atoms with Crippen molar-refractivity contribution in [3.63, 3.8) is 0 Å². The Kier molecular flexibility index (Phi) is 5.42. The predicted octanol–water partition coefficient (Wildman–Crippen LogP) is 2.51. The number of hydrogen-bond acceptors (Lipinski definition) is 7. The third-order valence-electron chi connectivity index (χ3n) is 4.38. The van der Waals surface area contributed by atoms with Gasteiger partial charge in [-0.25, -0.2) is 0 Å². The first-order valence-electron chi connectivity index (χ1n) is 8.00. The third-order valence-corrected chi connectivity index (χ3v) is 5.35. The molecule has 7 heteroatoms. The van der Waals surface area contributed by atoms with E-state index in [0.717, 1.165) is 32.8 Å². The van der Waals surface area contributed by atoms with Crippen LogP contribution in [0.3, 0.4) is 0 Å². The monoisotopic (exact) mass is 336 g/mol. The van der Waals surface area contributed by atoms with Crippen molar-refractivity contribution in [3.8, 4) is 0 Å². The number of morpholine rings is 1. The van der Waals surface area contributed by atoms with Gasteiger partial charge in [0.05, 0.1) is 25.3 Å². The van der Waals surface area contributed by atoms with Gasteiger partial charge in [0.1, 0.15) is 0 Å². The normalized spacial score (nSPS) is 19.1. The van der Waals surface area contributed by atoms with E-state index in [9.17, 15) is 0 Å². The van der Waals surface area contributed by atoms with Crippen LogP contribution < -0.4 is 0 Å². The molecule has 0 saturated carbocycles. The van der Waals surface area contributed by atoms with E-state index in [0.29, 0.717) is 17.8 Å². The Hall–Kier alpha value is -1.28. The molecule has 126 valence electrons. The minimum atomic E-state index is 0.0969. The van der Waals surface area contributed by atoms with E-state index in [1.54, 1.807) is 0 Å². The van der Waals surface area contributed by atoms with E-state index < -0.39 is 0 Å². The van der Waals surface area contributed by atoms with Crippen LogP contribution in [0, 0.1) is 6.92 Å². The summed E-state index contributed by atoms with van der Waals surface area (Å²) in [4.78, 5) is 6.19. The SMILES string of the molecule is Cc1nnc([C@H](C)N(C)C[C@H](c2cccs2)N2CCOCC2)o1. The molecule has 0 amide bonds. The van der Waals surface area contributed by atoms with Crippen molar-refractivity contribution in [3.05, 3.63) is 34.2 Å². The molecule has 2 aromatic heterocycles. The smallest absolute Gasteiger partial charge is 0.233 e. The molecule has 1 aliphatic rings. The largest absolute Gasteiger partial charge is 0.424 e. The van der Waals surface area contributed by atoms with Crippen LogP contribution >= 0.6 is 11.3 Å². The predicted molar refractivity (Wildman–Crippen MR) is 89.5 cm³/mol. The van der Waals surface area contributed by atoms with Crippen LogP contribution in [0.4, 0.5) is 0 Å². The van der Waals surface area contributed by atoms with Gasteiger partial charge in [0.25, 0.3) is 0 Å². The van der Waals surface area contributed by atoms with Gasteiger partial charge in [0.2, 0.25) is 11.8 Å². The van der Waals surface area contributed by atoms with Gasteiger partial charge in [-0.3, -0.25) is 9.80 Å². The summed E-state index contributed by atoms with van der Waals surface area (Å²) < 4.78 is 11.1. The highest BCUT2D eigenvalue weighted by molar-refractivity contribution is 7.10. The standard InChI is InChI=1S/C16H24N4O2S/c1-12(16-18-17-13(2)22-16)19(3)11-14(15-5-4-10-23-15)20-6-8-21-9-7-20/h4-5,10,12,14H,6-9,11H2,1-3H3/t12-,14+/m0/s1. The summed E-state index contributed by atoms with van der Waals surface area (Å²) in [5, 5.41) is 10.2. The zero-order valence-corrected chi connectivity index (χ0v) is 14.8. The van der Waals surface area contributed by atoms with Crippen LogP contribution in [0.15, 0.2) is 21.9 Å². The first-order valence-corrected chi connectivity index (χ1v) is 8.88. The molecule has 3 heterocycles. The molecule has 1 saturated heterocycles. The molecule has 1 aliphatic heterocycles. The van der Waals surface area contributed by atoms with Crippen LogP contribution in [-0.4, -0.2) is 59.9 Å². The molecule has 0 spiro atoms. The minimum Gasteiger partial charge on any atom is -0.424 e. The van der Waals surface area contributed by atoms with Gasteiger partial charge >= 0.3 is 0 Å². The summed E-state index contributed by atoms with van der Waals surface area (Å²) in [6, 6.07) is 4.81. The third kappa shape index (κ3) is 3.98. The highest BCUT2D eigenvalue weighted by Crippen LogP contribution is 2.29. The number of hydrogen-bond donors (Lipinski definition) is 0. The summed E-state index contributed by atoms with van der Waals surface area (Å²) >= 11 is 1.82. The second-order valence-electron chi connectivity index (χ2n) is 5.95. The first kappa shape index (κ1) is 16.6. The van der Waals surface area contributed by atoms with Gasteiger partial charge in [-0.1, -0.05) is 6.07 Å². The quantitative estimate of drug-likeness (QED) is 0.808. The fraction of sp³-hybridized carbons (Fsp3) is 0.625. The van der Waals surface area contributed by atoms with E-state index in [4.69, 9.17) is 9.15 Å². The molecule has 23 heavy (non-hydrogen) atoms. The van der Waals surface area contributed by atoms with Gasteiger partial charge in [0.15, 0.2) is 0 Å². The zero-order valence-electron chi connectivity index (χ0n) is 13.9. The lowest BCUT2D eigenvalue weighted by molar-refractivity contribution is 0.00682. The number of ether oxygens (including phenoxy) is 1. The maximum absolute atomic E-state index is 5.59. The Bertz CT molecular complexity index is 595. The van der Waals surface area contributed by atoms with E-state index in [2.05, 4.69) is 51.5 Å². The first-order chi connectivity index (χ1) is 11.1. The van der Waals surface area contributed by atoms with Gasteiger partial charge in [0, 0.05) is 31.4 Å². The van der Waals surface area contributed by atoms with Gasteiger partial charge in [-0.15, -0.1) is 21.5 Å². The second kappa shape index (κ2) is 7.53. The van der Waals surface area contributed by atoms with Crippen molar-refractivity contribution in [2.75, 3.05) is 39.9 Å². The van der Waals surface area contributed by atoms with Crippen LogP contribution in [0.1, 0.15) is 35.7 Å². The Labute approximate surface area is 141 Å². The van der Waals surface area contributed by atoms with E-state index in [-0.39, 0.29) is 6.04 Å². The molecule has 0 N–H and O–H groups in total. The van der Waals surface area contributed by atoms with E-state index >= 15 is 0 Å². The number of thiophene rings is 1. The Morgan fingerprint density at radius 3 is 2.74 bits per heavy atom. The van der Waals surface area contributed by atoms with Crippen LogP contribution in [0.2, 0.25) is 0 Å². The average Bonchev–Trinajstić information content (AvgIpc) is 3.24. The topological polar surface area (TPSA) is 54.6 Å². The summed E-state index contributed by atoms with van der Waals surface area (Å²) in [5.41, 5.74) is 0. The lowest BCUT2D eigenvalue weighted by Crippen LogP contribution is -2.43. The van der Waals surface area contributed by atoms with Crippen molar-refractivity contribution < 1.29 is 9.15 Å². The molecule has 0 bridgehead atoms. The number of aromatic nitrogens is 2. The van der Waals surface area contributed by atoms with E-state index in [1.165, 1.54) is 4.88 Å². The number of aryl methyl sites for hydroxylation is 1. The molecule has 6 nitrogen and oxygen atoms in total. The van der Waals surface area contributed by atoms with Gasteiger partial charge in [-0.2, -0.15) is 0 Å². The van der Waals surface area contributed by atoms with Gasteiger partial charge in [-0.05, 0) is 25.4 Å². The molecule has 1 fully saturated rings. The van der Waals surface area contributed by atoms with E-state index in [1.807, 2.05) is 18.3 Å². The fourth-order valence-electron chi connectivity index (χ4n) is 2.86. The summed E-state index contributed by atoms with van der Waals surface area (Å²) in [6.45, 7) is 8.43. The molecule has 2 aromatic rings. The van der Waals surface area contributed by atoms with Crippen molar-refractivity contribution in [1.82, 2.24) is 20.0 Å². The Morgan fingerprint density at radius 2 is 2.13 bits per heavy atom. The lowest BCUT2D eigenvalue weighted by atomic mass is 10.1. The fourth-order valence-corrected chi connectivity index (χ4v) is 3.71. The Balaban J connectivity index is 1.72.